The Bertz CT molecular complexity index is 794. The van der Waals surface area contributed by atoms with Gasteiger partial charge in [0.2, 0.25) is 11.8 Å². The van der Waals surface area contributed by atoms with E-state index in [0.717, 1.165) is 12.0 Å². The van der Waals surface area contributed by atoms with Gasteiger partial charge in [-0.3, -0.25) is 14.5 Å². The van der Waals surface area contributed by atoms with Crippen molar-refractivity contribution in [2.75, 3.05) is 18.0 Å². The molecule has 1 fully saturated rings. The number of nitrogens with one attached hydrogen (secondary N) is 1. The van der Waals surface area contributed by atoms with Crippen LogP contribution < -0.4 is 10.2 Å². The molecule has 132 valence electrons. The number of carbonyl (C=O) groups excluding carboxylic acids is 2. The van der Waals surface area contributed by atoms with Crippen molar-refractivity contribution in [2.24, 2.45) is 0 Å². The van der Waals surface area contributed by atoms with Gasteiger partial charge >= 0.3 is 0 Å². The second-order valence-corrected chi connectivity index (χ2v) is 7.38. The lowest BCUT2D eigenvalue weighted by atomic mass is 10.1. The third-order valence-corrected chi connectivity index (χ3v) is 5.70. The SMILES string of the molecule is O=C(Cc1csc(N2CCCC2=O)n1)NCCc1cccc(Cl)c1Cl. The van der Waals surface area contributed by atoms with Gasteiger partial charge in [-0.15, -0.1) is 11.3 Å². The van der Waals surface area contributed by atoms with Crippen LogP contribution in [0.3, 0.4) is 0 Å². The van der Waals surface area contributed by atoms with Gasteiger partial charge in [-0.1, -0.05) is 35.3 Å². The van der Waals surface area contributed by atoms with Crippen LogP contribution in [0.2, 0.25) is 10.0 Å². The number of hydrogen-bond donors (Lipinski definition) is 1. The fourth-order valence-electron chi connectivity index (χ4n) is 2.66. The number of benzene rings is 1. The summed E-state index contributed by atoms with van der Waals surface area (Å²) in [5, 5.41) is 6.40. The van der Waals surface area contributed by atoms with E-state index >= 15 is 0 Å². The van der Waals surface area contributed by atoms with Crippen LogP contribution in [-0.4, -0.2) is 29.9 Å². The fourth-order valence-corrected chi connectivity index (χ4v) is 3.94. The molecular weight excluding hydrogens is 381 g/mol. The van der Waals surface area contributed by atoms with E-state index in [9.17, 15) is 9.59 Å². The molecular formula is C17H17Cl2N3O2S. The summed E-state index contributed by atoms with van der Waals surface area (Å²) in [7, 11) is 0. The molecule has 0 saturated carbocycles. The Morgan fingerprint density at radius 2 is 2.20 bits per heavy atom. The van der Waals surface area contributed by atoms with E-state index in [0.29, 0.717) is 46.8 Å². The third-order valence-electron chi connectivity index (χ3n) is 3.93. The molecule has 0 radical (unpaired) electrons. The number of anilines is 1. The Balaban J connectivity index is 1.49. The van der Waals surface area contributed by atoms with Crippen molar-refractivity contribution in [3.05, 3.63) is 44.9 Å². The maximum atomic E-state index is 12.1. The molecule has 5 nitrogen and oxygen atoms in total. The highest BCUT2D eigenvalue weighted by molar-refractivity contribution is 7.14. The van der Waals surface area contributed by atoms with Crippen molar-refractivity contribution < 1.29 is 9.59 Å². The maximum Gasteiger partial charge on any atom is 0.228 e. The molecule has 0 atom stereocenters. The van der Waals surface area contributed by atoms with Crippen LogP contribution in [0, 0.1) is 0 Å². The zero-order valence-electron chi connectivity index (χ0n) is 13.4. The molecule has 0 spiro atoms. The first-order chi connectivity index (χ1) is 12.0. The average Bonchev–Trinajstić information content (AvgIpc) is 3.20. The van der Waals surface area contributed by atoms with Gasteiger partial charge < -0.3 is 5.32 Å². The normalized spacial score (nSPS) is 14.2. The first-order valence-electron chi connectivity index (χ1n) is 7.99. The van der Waals surface area contributed by atoms with E-state index in [1.54, 1.807) is 11.0 Å². The number of hydrogen-bond acceptors (Lipinski definition) is 4. The Morgan fingerprint density at radius 1 is 1.36 bits per heavy atom. The van der Waals surface area contributed by atoms with Crippen molar-refractivity contribution in [1.82, 2.24) is 10.3 Å². The smallest absolute Gasteiger partial charge is 0.228 e. The van der Waals surface area contributed by atoms with Gasteiger partial charge in [0.15, 0.2) is 5.13 Å². The molecule has 1 aliphatic rings. The number of amides is 2. The zero-order chi connectivity index (χ0) is 17.8. The molecule has 1 aliphatic heterocycles. The molecule has 2 amide bonds. The topological polar surface area (TPSA) is 62.3 Å². The summed E-state index contributed by atoms with van der Waals surface area (Å²) in [5.74, 6) is -0.00787. The first kappa shape index (κ1) is 18.2. The molecule has 2 aromatic rings. The minimum atomic E-state index is -0.109. The van der Waals surface area contributed by atoms with E-state index in [1.165, 1.54) is 11.3 Å². The zero-order valence-corrected chi connectivity index (χ0v) is 15.8. The van der Waals surface area contributed by atoms with E-state index in [2.05, 4.69) is 10.3 Å². The lowest BCUT2D eigenvalue weighted by Crippen LogP contribution is -2.27. The fraction of sp³-hybridized carbons (Fsp3) is 0.353. The van der Waals surface area contributed by atoms with Crippen LogP contribution in [0.1, 0.15) is 24.1 Å². The molecule has 1 aromatic carbocycles. The van der Waals surface area contributed by atoms with Crippen molar-refractivity contribution in [3.8, 4) is 0 Å². The van der Waals surface area contributed by atoms with Crippen LogP contribution in [-0.2, 0) is 22.4 Å². The summed E-state index contributed by atoms with van der Waals surface area (Å²) in [5.41, 5.74) is 1.58. The van der Waals surface area contributed by atoms with Gasteiger partial charge in [0.1, 0.15) is 0 Å². The van der Waals surface area contributed by atoms with E-state index in [4.69, 9.17) is 23.2 Å². The average molecular weight is 398 g/mol. The molecule has 1 saturated heterocycles. The summed E-state index contributed by atoms with van der Waals surface area (Å²) < 4.78 is 0. The number of nitrogens with zero attached hydrogens (tertiary/aromatic N) is 2. The van der Waals surface area contributed by atoms with Gasteiger partial charge in [-0.2, -0.15) is 0 Å². The van der Waals surface area contributed by atoms with Crippen LogP contribution in [0.5, 0.6) is 0 Å². The lowest BCUT2D eigenvalue weighted by Gasteiger charge is -2.10. The summed E-state index contributed by atoms with van der Waals surface area (Å²) in [4.78, 5) is 29.9. The highest BCUT2D eigenvalue weighted by Gasteiger charge is 2.24. The standard InChI is InChI=1S/C17H17Cl2N3O2S/c18-13-4-1-3-11(16(13)19)6-7-20-14(23)9-12-10-25-17(21-12)22-8-2-5-15(22)24/h1,3-4,10H,2,5-9H2,(H,20,23). The van der Waals surface area contributed by atoms with Crippen molar-refractivity contribution in [2.45, 2.75) is 25.7 Å². The van der Waals surface area contributed by atoms with Gasteiger partial charge in [0.25, 0.3) is 0 Å². The molecule has 25 heavy (non-hydrogen) atoms. The van der Waals surface area contributed by atoms with Crippen LogP contribution in [0.25, 0.3) is 0 Å². The molecule has 0 bridgehead atoms. The van der Waals surface area contributed by atoms with E-state index in [-0.39, 0.29) is 18.2 Å². The Labute approximate surface area is 160 Å². The first-order valence-corrected chi connectivity index (χ1v) is 9.62. The monoisotopic (exact) mass is 397 g/mol. The molecule has 0 unspecified atom stereocenters. The van der Waals surface area contributed by atoms with Gasteiger partial charge in [-0.25, -0.2) is 4.98 Å². The highest BCUT2D eigenvalue weighted by atomic mass is 35.5. The van der Waals surface area contributed by atoms with Crippen molar-refractivity contribution in [1.29, 1.82) is 0 Å². The molecule has 0 aliphatic carbocycles. The number of thiazole rings is 1. The number of carbonyl (C=O) groups is 2. The van der Waals surface area contributed by atoms with Crippen molar-refractivity contribution >= 4 is 51.5 Å². The second-order valence-electron chi connectivity index (χ2n) is 5.76. The predicted molar refractivity (Wildman–Crippen MR) is 101 cm³/mol. The number of rotatable bonds is 6. The van der Waals surface area contributed by atoms with Gasteiger partial charge in [0, 0.05) is 24.9 Å². The molecule has 8 heteroatoms. The summed E-state index contributed by atoms with van der Waals surface area (Å²) in [6.07, 6.45) is 2.24. The summed E-state index contributed by atoms with van der Waals surface area (Å²) in [6.45, 7) is 1.18. The van der Waals surface area contributed by atoms with Gasteiger partial charge in [0.05, 0.1) is 22.2 Å². The summed E-state index contributed by atoms with van der Waals surface area (Å²) >= 11 is 13.5. The Morgan fingerprint density at radius 3 is 2.96 bits per heavy atom. The minimum absolute atomic E-state index is 0.101. The van der Waals surface area contributed by atoms with Crippen LogP contribution >= 0.6 is 34.5 Å². The Kier molecular flexibility index (Phi) is 5.93. The van der Waals surface area contributed by atoms with E-state index < -0.39 is 0 Å². The predicted octanol–water partition coefficient (Wildman–Crippen LogP) is 3.48. The largest absolute Gasteiger partial charge is 0.355 e. The number of aromatic nitrogens is 1. The summed E-state index contributed by atoms with van der Waals surface area (Å²) in [6, 6.07) is 5.46. The van der Waals surface area contributed by atoms with E-state index in [1.807, 2.05) is 17.5 Å². The van der Waals surface area contributed by atoms with Gasteiger partial charge in [-0.05, 0) is 24.5 Å². The van der Waals surface area contributed by atoms with Crippen molar-refractivity contribution in [3.63, 3.8) is 0 Å². The molecule has 2 heterocycles. The maximum absolute atomic E-state index is 12.1. The lowest BCUT2D eigenvalue weighted by molar-refractivity contribution is -0.120. The van der Waals surface area contributed by atoms with Crippen LogP contribution in [0.15, 0.2) is 23.6 Å². The Hall–Kier alpha value is -1.63. The minimum Gasteiger partial charge on any atom is -0.355 e. The third kappa shape index (κ3) is 4.51. The van der Waals surface area contributed by atoms with Crippen LogP contribution in [0.4, 0.5) is 5.13 Å². The highest BCUT2D eigenvalue weighted by Crippen LogP contribution is 2.26. The second kappa shape index (κ2) is 8.17. The molecule has 1 aromatic heterocycles. The molecule has 3 rings (SSSR count). The quantitative estimate of drug-likeness (QED) is 0.811. The molecule has 1 N–H and O–H groups in total. The number of halogens is 2.